The van der Waals surface area contributed by atoms with Crippen molar-refractivity contribution in [1.29, 1.82) is 0 Å². The number of nitrogens with one attached hydrogen (secondary N) is 2. The fourth-order valence-electron chi connectivity index (χ4n) is 5.57. The average molecular weight is 519 g/mol. The van der Waals surface area contributed by atoms with Crippen molar-refractivity contribution < 1.29 is 19.1 Å². The first-order chi connectivity index (χ1) is 18.1. The summed E-state index contributed by atoms with van der Waals surface area (Å²) in [7, 11) is 0. The summed E-state index contributed by atoms with van der Waals surface area (Å²) in [5.74, 6) is 0.0612. The maximum atomic E-state index is 12.5. The van der Waals surface area contributed by atoms with E-state index in [1.807, 2.05) is 32.9 Å². The first kappa shape index (κ1) is 26.1. The molecule has 0 bridgehead atoms. The van der Waals surface area contributed by atoms with E-state index in [4.69, 9.17) is 4.74 Å². The normalized spacial score (nSPS) is 20.6. The smallest absolute Gasteiger partial charge is 0.410 e. The number of rotatable bonds is 4. The predicted molar refractivity (Wildman–Crippen MR) is 147 cm³/mol. The van der Waals surface area contributed by atoms with Crippen LogP contribution in [0.2, 0.25) is 0 Å². The molecule has 0 saturated carbocycles. The number of hydrogen-bond donors (Lipinski definition) is 2. The van der Waals surface area contributed by atoms with Crippen LogP contribution in [0.15, 0.2) is 42.5 Å². The first-order valence-corrected chi connectivity index (χ1v) is 13.7. The molecule has 2 aromatic rings. The Labute approximate surface area is 224 Å². The number of benzene rings is 2. The molecule has 2 aromatic carbocycles. The Balaban J connectivity index is 1.14. The molecule has 0 spiro atoms. The number of imide groups is 1. The summed E-state index contributed by atoms with van der Waals surface area (Å²) in [4.78, 5) is 40.1. The zero-order valence-electron chi connectivity index (χ0n) is 22.6. The zero-order chi connectivity index (χ0) is 26.9. The number of fused-ring (bicyclic) bond motifs is 1. The van der Waals surface area contributed by atoms with Crippen molar-refractivity contribution in [1.82, 2.24) is 10.2 Å². The summed E-state index contributed by atoms with van der Waals surface area (Å²) in [6, 6.07) is 14.7. The van der Waals surface area contributed by atoms with Gasteiger partial charge in [-0.2, -0.15) is 0 Å². The lowest BCUT2D eigenvalue weighted by Gasteiger charge is -2.35. The summed E-state index contributed by atoms with van der Waals surface area (Å²) in [5, 5.41) is 5.65. The van der Waals surface area contributed by atoms with Gasteiger partial charge in [0.1, 0.15) is 11.6 Å². The molecule has 2 saturated heterocycles. The van der Waals surface area contributed by atoms with Crippen LogP contribution in [0.1, 0.15) is 69.1 Å². The Morgan fingerprint density at radius 3 is 2.37 bits per heavy atom. The van der Waals surface area contributed by atoms with Gasteiger partial charge in [-0.3, -0.25) is 14.9 Å². The van der Waals surface area contributed by atoms with Gasteiger partial charge >= 0.3 is 6.09 Å². The lowest BCUT2D eigenvalue weighted by molar-refractivity contribution is -0.133. The largest absolute Gasteiger partial charge is 0.444 e. The van der Waals surface area contributed by atoms with Crippen molar-refractivity contribution >= 4 is 29.3 Å². The van der Waals surface area contributed by atoms with Crippen LogP contribution in [-0.4, -0.2) is 54.1 Å². The van der Waals surface area contributed by atoms with Crippen LogP contribution >= 0.6 is 0 Å². The Morgan fingerprint density at radius 1 is 0.947 bits per heavy atom. The Kier molecular flexibility index (Phi) is 7.32. The quantitative estimate of drug-likeness (QED) is 0.576. The standard InChI is InChI=1S/C30H38N4O4/c1-30(2,3)38-29(37)34-17-14-22-18-25(9-6-23(22)19-34)33-15-12-21(13-16-33)20-4-7-24(8-5-20)31-26-10-11-27(35)32-28(26)36/h4-9,18,21,26,31H,10-17,19H2,1-3H3,(H,32,35,36). The van der Waals surface area contributed by atoms with Gasteiger partial charge < -0.3 is 19.9 Å². The van der Waals surface area contributed by atoms with E-state index in [2.05, 4.69) is 45.9 Å². The lowest BCUT2D eigenvalue weighted by atomic mass is 9.89. The molecule has 1 atom stereocenters. The molecule has 38 heavy (non-hydrogen) atoms. The van der Waals surface area contributed by atoms with Crippen LogP contribution in [0.5, 0.6) is 0 Å². The van der Waals surface area contributed by atoms with Gasteiger partial charge in [-0.25, -0.2) is 4.79 Å². The topological polar surface area (TPSA) is 91.0 Å². The molecule has 1 unspecified atom stereocenters. The SMILES string of the molecule is CC(C)(C)OC(=O)N1CCc2cc(N3CCC(c4ccc(NC5CCC(=O)NC5=O)cc4)CC3)ccc2C1. The first-order valence-electron chi connectivity index (χ1n) is 13.7. The number of hydrogen-bond acceptors (Lipinski definition) is 6. The van der Waals surface area contributed by atoms with E-state index in [-0.39, 0.29) is 23.9 Å². The minimum atomic E-state index is -0.484. The number of amides is 3. The average Bonchev–Trinajstić information content (AvgIpc) is 2.89. The van der Waals surface area contributed by atoms with E-state index in [0.717, 1.165) is 38.0 Å². The van der Waals surface area contributed by atoms with E-state index in [1.54, 1.807) is 4.90 Å². The molecule has 8 nitrogen and oxygen atoms in total. The number of carbonyl (C=O) groups is 3. The molecule has 3 aliphatic heterocycles. The van der Waals surface area contributed by atoms with Gasteiger partial charge in [-0.15, -0.1) is 0 Å². The van der Waals surface area contributed by atoms with Gasteiger partial charge in [0.15, 0.2) is 0 Å². The predicted octanol–water partition coefficient (Wildman–Crippen LogP) is 4.58. The van der Waals surface area contributed by atoms with Gasteiger partial charge in [0.2, 0.25) is 11.8 Å². The van der Waals surface area contributed by atoms with Gasteiger partial charge in [0.05, 0.1) is 0 Å². The third kappa shape index (κ3) is 6.11. The monoisotopic (exact) mass is 518 g/mol. The third-order valence-corrected chi connectivity index (χ3v) is 7.68. The molecular weight excluding hydrogens is 480 g/mol. The van der Waals surface area contributed by atoms with E-state index < -0.39 is 5.60 Å². The molecule has 0 aromatic heterocycles. The highest BCUT2D eigenvalue weighted by atomic mass is 16.6. The Morgan fingerprint density at radius 2 is 1.68 bits per heavy atom. The second kappa shape index (κ2) is 10.7. The van der Waals surface area contributed by atoms with Crippen LogP contribution in [0, 0.1) is 0 Å². The summed E-state index contributed by atoms with van der Waals surface area (Å²) < 4.78 is 5.55. The molecule has 2 N–H and O–H groups in total. The minimum Gasteiger partial charge on any atom is -0.444 e. The van der Waals surface area contributed by atoms with Gasteiger partial charge in [0, 0.05) is 44.0 Å². The van der Waals surface area contributed by atoms with Crippen LogP contribution in [-0.2, 0) is 27.3 Å². The van der Waals surface area contributed by atoms with E-state index in [0.29, 0.717) is 31.8 Å². The van der Waals surface area contributed by atoms with Gasteiger partial charge in [-0.1, -0.05) is 18.2 Å². The fourth-order valence-corrected chi connectivity index (χ4v) is 5.57. The van der Waals surface area contributed by atoms with E-state index in [1.165, 1.54) is 22.4 Å². The molecule has 3 amide bonds. The second-order valence-corrected chi connectivity index (χ2v) is 11.6. The number of nitrogens with zero attached hydrogens (tertiary/aromatic N) is 2. The molecular formula is C30H38N4O4. The second-order valence-electron chi connectivity index (χ2n) is 11.6. The minimum absolute atomic E-state index is 0.199. The summed E-state index contributed by atoms with van der Waals surface area (Å²) in [6.07, 6.45) is 3.67. The number of ether oxygens (including phenoxy) is 1. The van der Waals surface area contributed by atoms with E-state index >= 15 is 0 Å². The highest BCUT2D eigenvalue weighted by Crippen LogP contribution is 2.33. The molecule has 0 radical (unpaired) electrons. The fraction of sp³-hybridized carbons (Fsp3) is 0.500. The lowest BCUT2D eigenvalue weighted by Crippen LogP contribution is -2.47. The van der Waals surface area contributed by atoms with Crippen molar-refractivity contribution in [2.75, 3.05) is 29.9 Å². The van der Waals surface area contributed by atoms with Crippen LogP contribution in [0.25, 0.3) is 0 Å². The summed E-state index contributed by atoms with van der Waals surface area (Å²) in [5.41, 5.74) is 5.53. The molecule has 5 rings (SSSR count). The zero-order valence-corrected chi connectivity index (χ0v) is 22.6. The van der Waals surface area contributed by atoms with Crippen molar-refractivity contribution in [2.24, 2.45) is 0 Å². The van der Waals surface area contributed by atoms with Gasteiger partial charge in [0.25, 0.3) is 0 Å². The summed E-state index contributed by atoms with van der Waals surface area (Å²) in [6.45, 7) is 8.98. The van der Waals surface area contributed by atoms with Gasteiger partial charge in [-0.05, 0) is 93.3 Å². The summed E-state index contributed by atoms with van der Waals surface area (Å²) >= 11 is 0. The highest BCUT2D eigenvalue weighted by molar-refractivity contribution is 6.01. The van der Waals surface area contributed by atoms with E-state index in [9.17, 15) is 14.4 Å². The van der Waals surface area contributed by atoms with Crippen LogP contribution in [0.4, 0.5) is 16.2 Å². The highest BCUT2D eigenvalue weighted by Gasteiger charge is 2.28. The molecule has 3 aliphatic rings. The molecule has 8 heteroatoms. The Bertz CT molecular complexity index is 1200. The molecule has 202 valence electrons. The van der Waals surface area contributed by atoms with Crippen LogP contribution in [0.3, 0.4) is 0 Å². The van der Waals surface area contributed by atoms with Crippen molar-refractivity contribution in [3.05, 3.63) is 59.2 Å². The maximum absolute atomic E-state index is 12.5. The number of carbonyl (C=O) groups excluding carboxylic acids is 3. The third-order valence-electron chi connectivity index (χ3n) is 7.68. The molecule has 0 aliphatic carbocycles. The van der Waals surface area contributed by atoms with Crippen molar-refractivity contribution in [3.63, 3.8) is 0 Å². The number of piperidine rings is 2. The number of anilines is 2. The Hall–Kier alpha value is -3.55. The van der Waals surface area contributed by atoms with Crippen LogP contribution < -0.4 is 15.5 Å². The maximum Gasteiger partial charge on any atom is 0.410 e. The van der Waals surface area contributed by atoms with Crippen molar-refractivity contribution in [2.45, 2.75) is 77.0 Å². The molecule has 3 heterocycles. The van der Waals surface area contributed by atoms with Crippen molar-refractivity contribution in [3.8, 4) is 0 Å². The molecule has 2 fully saturated rings.